The number of hydrogen-bond acceptors (Lipinski definition) is 4. The Hall–Kier alpha value is -2.76. The maximum absolute atomic E-state index is 12.1. The number of furan rings is 1. The zero-order valence-electron chi connectivity index (χ0n) is 11.2. The van der Waals surface area contributed by atoms with Crippen LogP contribution in [0.5, 0.6) is 0 Å². The van der Waals surface area contributed by atoms with Crippen LogP contribution in [0.4, 0.5) is 10.5 Å². The first-order valence-electron chi connectivity index (χ1n) is 6.59. The number of carbonyl (C=O) groups is 2. The van der Waals surface area contributed by atoms with E-state index in [0.717, 1.165) is 0 Å². The Kier molecular flexibility index (Phi) is 3.59. The molecule has 1 aliphatic rings. The lowest BCUT2D eigenvalue weighted by Crippen LogP contribution is -2.25. The number of cyclic esters (lactones) is 1. The van der Waals surface area contributed by atoms with Crippen molar-refractivity contribution in [2.24, 2.45) is 0 Å². The van der Waals surface area contributed by atoms with Crippen LogP contribution in [0.3, 0.4) is 0 Å². The Balaban J connectivity index is 1.70. The number of hydrogen-bond donors (Lipinski definition) is 1. The Bertz CT molecular complexity index is 651. The highest BCUT2D eigenvalue weighted by atomic mass is 16.6. The zero-order valence-corrected chi connectivity index (χ0v) is 11.2. The summed E-state index contributed by atoms with van der Waals surface area (Å²) in [5.74, 6) is 0.462. The molecule has 0 bridgehead atoms. The van der Waals surface area contributed by atoms with E-state index in [-0.39, 0.29) is 12.0 Å². The van der Waals surface area contributed by atoms with Gasteiger partial charge >= 0.3 is 6.09 Å². The van der Waals surface area contributed by atoms with Crippen molar-refractivity contribution in [2.45, 2.75) is 6.54 Å². The second-order valence-corrected chi connectivity index (χ2v) is 4.58. The maximum atomic E-state index is 12.1. The average Bonchev–Trinajstić information content (AvgIpc) is 3.16. The number of benzene rings is 1. The largest absolute Gasteiger partial charge is 0.467 e. The predicted octanol–water partition coefficient (Wildman–Crippen LogP) is 2.17. The minimum atomic E-state index is -0.386. The summed E-state index contributed by atoms with van der Waals surface area (Å²) in [6.45, 7) is 1.19. The van der Waals surface area contributed by atoms with Crippen LogP contribution in [0.15, 0.2) is 47.1 Å². The molecule has 2 amide bonds. The van der Waals surface area contributed by atoms with Gasteiger partial charge in [0.15, 0.2) is 0 Å². The van der Waals surface area contributed by atoms with Crippen LogP contribution < -0.4 is 10.2 Å². The summed E-state index contributed by atoms with van der Waals surface area (Å²) in [5, 5.41) is 2.76. The van der Waals surface area contributed by atoms with Gasteiger partial charge < -0.3 is 14.5 Å². The fraction of sp³-hybridized carbons (Fsp3) is 0.200. The first-order chi connectivity index (χ1) is 10.2. The molecule has 1 fully saturated rings. The quantitative estimate of drug-likeness (QED) is 0.935. The van der Waals surface area contributed by atoms with Crippen molar-refractivity contribution in [1.29, 1.82) is 0 Å². The van der Waals surface area contributed by atoms with Gasteiger partial charge in [0.1, 0.15) is 12.4 Å². The summed E-state index contributed by atoms with van der Waals surface area (Å²) in [7, 11) is 0. The van der Waals surface area contributed by atoms with Gasteiger partial charge in [-0.1, -0.05) is 6.07 Å². The number of ether oxygens (including phenoxy) is 1. The van der Waals surface area contributed by atoms with E-state index in [0.29, 0.717) is 36.7 Å². The average molecular weight is 286 g/mol. The predicted molar refractivity (Wildman–Crippen MR) is 75.0 cm³/mol. The molecular weight excluding hydrogens is 272 g/mol. The van der Waals surface area contributed by atoms with Crippen molar-refractivity contribution in [3.05, 3.63) is 54.0 Å². The normalized spacial score (nSPS) is 14.1. The molecule has 21 heavy (non-hydrogen) atoms. The van der Waals surface area contributed by atoms with Crippen LogP contribution in [0, 0.1) is 0 Å². The summed E-state index contributed by atoms with van der Waals surface area (Å²) >= 11 is 0. The first-order valence-corrected chi connectivity index (χ1v) is 6.59. The zero-order chi connectivity index (χ0) is 14.7. The van der Waals surface area contributed by atoms with Gasteiger partial charge in [-0.05, 0) is 30.3 Å². The molecule has 1 aliphatic heterocycles. The van der Waals surface area contributed by atoms with E-state index in [1.807, 2.05) is 0 Å². The standard InChI is InChI=1S/C15H14N2O4/c18-14(16-10-13-5-2-7-20-13)11-3-1-4-12(9-11)17-6-8-21-15(17)19/h1-5,7,9H,6,8,10H2,(H,16,18). The minimum Gasteiger partial charge on any atom is -0.467 e. The fourth-order valence-corrected chi connectivity index (χ4v) is 2.13. The number of rotatable bonds is 4. The van der Waals surface area contributed by atoms with E-state index < -0.39 is 0 Å². The SMILES string of the molecule is O=C(NCc1ccco1)c1cccc(N2CCOC2=O)c1. The molecule has 6 heteroatoms. The van der Waals surface area contributed by atoms with E-state index in [9.17, 15) is 9.59 Å². The third-order valence-electron chi connectivity index (χ3n) is 3.18. The highest BCUT2D eigenvalue weighted by Gasteiger charge is 2.24. The molecule has 2 heterocycles. The summed E-state index contributed by atoms with van der Waals surface area (Å²) in [4.78, 5) is 25.1. The van der Waals surface area contributed by atoms with Gasteiger partial charge in [0.05, 0.1) is 19.4 Å². The van der Waals surface area contributed by atoms with Gasteiger partial charge in [0.2, 0.25) is 0 Å². The van der Waals surface area contributed by atoms with Gasteiger partial charge in [-0.15, -0.1) is 0 Å². The van der Waals surface area contributed by atoms with Crippen LogP contribution in [-0.2, 0) is 11.3 Å². The van der Waals surface area contributed by atoms with Crippen molar-refractivity contribution < 1.29 is 18.7 Å². The van der Waals surface area contributed by atoms with Gasteiger partial charge in [-0.2, -0.15) is 0 Å². The second-order valence-electron chi connectivity index (χ2n) is 4.58. The Morgan fingerprint density at radius 2 is 2.19 bits per heavy atom. The van der Waals surface area contributed by atoms with Gasteiger partial charge in [-0.3, -0.25) is 9.69 Å². The van der Waals surface area contributed by atoms with Crippen molar-refractivity contribution >= 4 is 17.7 Å². The summed E-state index contributed by atoms with van der Waals surface area (Å²) in [5.41, 5.74) is 1.14. The summed E-state index contributed by atoms with van der Waals surface area (Å²) < 4.78 is 10.0. The van der Waals surface area contributed by atoms with E-state index in [1.165, 1.54) is 4.90 Å². The maximum Gasteiger partial charge on any atom is 0.414 e. The lowest BCUT2D eigenvalue weighted by atomic mass is 10.1. The van der Waals surface area contributed by atoms with Gasteiger partial charge in [0.25, 0.3) is 5.91 Å². The Morgan fingerprint density at radius 3 is 2.90 bits per heavy atom. The molecule has 6 nitrogen and oxygen atoms in total. The van der Waals surface area contributed by atoms with Crippen LogP contribution in [0.25, 0.3) is 0 Å². The molecule has 1 saturated heterocycles. The van der Waals surface area contributed by atoms with E-state index in [2.05, 4.69) is 5.32 Å². The molecular formula is C15H14N2O4. The number of amides is 2. The second kappa shape index (κ2) is 5.70. The van der Waals surface area contributed by atoms with Crippen molar-refractivity contribution in [3.8, 4) is 0 Å². The Morgan fingerprint density at radius 1 is 1.29 bits per heavy atom. The monoisotopic (exact) mass is 286 g/mol. The van der Waals surface area contributed by atoms with E-state index in [1.54, 1.807) is 42.7 Å². The van der Waals surface area contributed by atoms with Gasteiger partial charge in [0, 0.05) is 11.3 Å². The first kappa shape index (κ1) is 13.2. The third kappa shape index (κ3) is 2.89. The van der Waals surface area contributed by atoms with Gasteiger partial charge in [-0.25, -0.2) is 4.79 Å². The molecule has 1 aromatic heterocycles. The molecule has 0 unspecified atom stereocenters. The van der Waals surface area contributed by atoms with E-state index in [4.69, 9.17) is 9.15 Å². The highest BCUT2D eigenvalue weighted by Crippen LogP contribution is 2.20. The molecule has 0 radical (unpaired) electrons. The molecule has 0 aliphatic carbocycles. The molecule has 108 valence electrons. The topological polar surface area (TPSA) is 71.8 Å². The number of anilines is 1. The third-order valence-corrected chi connectivity index (χ3v) is 3.18. The van der Waals surface area contributed by atoms with Crippen LogP contribution in [0.1, 0.15) is 16.1 Å². The number of nitrogens with zero attached hydrogens (tertiary/aromatic N) is 1. The highest BCUT2D eigenvalue weighted by molar-refractivity contribution is 5.97. The van der Waals surface area contributed by atoms with E-state index >= 15 is 0 Å². The summed E-state index contributed by atoms with van der Waals surface area (Å²) in [6.07, 6.45) is 1.17. The molecule has 0 spiro atoms. The van der Waals surface area contributed by atoms with Crippen LogP contribution >= 0.6 is 0 Å². The fourth-order valence-electron chi connectivity index (χ4n) is 2.13. The lowest BCUT2D eigenvalue weighted by Gasteiger charge is -2.13. The van der Waals surface area contributed by atoms with Crippen LogP contribution in [-0.4, -0.2) is 25.2 Å². The number of carbonyl (C=O) groups excluding carboxylic acids is 2. The molecule has 1 N–H and O–H groups in total. The molecule has 0 atom stereocenters. The van der Waals surface area contributed by atoms with Crippen molar-refractivity contribution in [3.63, 3.8) is 0 Å². The number of nitrogens with one attached hydrogen (secondary N) is 1. The smallest absolute Gasteiger partial charge is 0.414 e. The lowest BCUT2D eigenvalue weighted by molar-refractivity contribution is 0.0948. The minimum absolute atomic E-state index is 0.221. The van der Waals surface area contributed by atoms with Crippen molar-refractivity contribution in [1.82, 2.24) is 5.32 Å². The van der Waals surface area contributed by atoms with Crippen LogP contribution in [0.2, 0.25) is 0 Å². The molecule has 2 aromatic rings. The molecule has 0 saturated carbocycles. The molecule has 1 aromatic carbocycles. The van der Waals surface area contributed by atoms with Crippen molar-refractivity contribution in [2.75, 3.05) is 18.1 Å². The Labute approximate surface area is 121 Å². The molecule has 3 rings (SSSR count). The summed E-state index contributed by atoms with van der Waals surface area (Å²) in [6, 6.07) is 10.4.